The number of hydrogen-bond donors (Lipinski definition) is 1. The van der Waals surface area contributed by atoms with Gasteiger partial charge in [0.25, 0.3) is 11.6 Å². The van der Waals surface area contributed by atoms with E-state index in [1.807, 2.05) is 0 Å². The highest BCUT2D eigenvalue weighted by Gasteiger charge is 2.29. The molecule has 1 N–H and O–H groups in total. The van der Waals surface area contributed by atoms with Crippen LogP contribution in [0.5, 0.6) is 0 Å². The third-order valence-corrected chi connectivity index (χ3v) is 3.68. The van der Waals surface area contributed by atoms with Crippen LogP contribution in [0.15, 0.2) is 22.7 Å². The summed E-state index contributed by atoms with van der Waals surface area (Å²) in [5.74, 6) is -0.394. The first-order chi connectivity index (χ1) is 8.70. The van der Waals surface area contributed by atoms with Crippen LogP contribution < -0.4 is 0 Å². The van der Waals surface area contributed by atoms with E-state index in [0.29, 0.717) is 4.47 Å². The number of halogens is 1. The van der Waals surface area contributed by atoms with Gasteiger partial charge in [0, 0.05) is 23.7 Å². The van der Waals surface area contributed by atoms with Gasteiger partial charge in [-0.15, -0.1) is 0 Å². The minimum absolute atomic E-state index is 0.151. The molecule has 0 heterocycles. The van der Waals surface area contributed by atoms with Gasteiger partial charge in [-0.2, -0.15) is 0 Å². The van der Waals surface area contributed by atoms with E-state index >= 15 is 0 Å². The number of amides is 1. The molecule has 0 saturated heterocycles. The summed E-state index contributed by atoms with van der Waals surface area (Å²) in [5, 5.41) is 20.0. The Balaban J connectivity index is 3.19. The predicted octanol–water partition coefficient (Wildman–Crippen LogP) is 2.20. The standard InChI is InChI=1S/C12H15BrN2O4/c1-12(2,7-16)14(3)11(17)9-6-8(15(18)19)4-5-10(9)13/h4-6,16H,7H2,1-3H3. The number of nitro groups is 1. The number of hydrogen-bond acceptors (Lipinski definition) is 4. The van der Waals surface area contributed by atoms with Crippen molar-refractivity contribution in [2.45, 2.75) is 19.4 Å². The van der Waals surface area contributed by atoms with Crippen molar-refractivity contribution >= 4 is 27.5 Å². The van der Waals surface area contributed by atoms with E-state index in [1.165, 1.54) is 23.1 Å². The first-order valence-electron chi connectivity index (χ1n) is 5.53. The van der Waals surface area contributed by atoms with Crippen LogP contribution in [-0.4, -0.2) is 40.0 Å². The molecule has 0 unspecified atom stereocenters. The Morgan fingerprint density at radius 2 is 2.11 bits per heavy atom. The fourth-order valence-corrected chi connectivity index (χ4v) is 1.77. The molecule has 104 valence electrons. The van der Waals surface area contributed by atoms with Gasteiger partial charge in [0.05, 0.1) is 22.6 Å². The summed E-state index contributed by atoms with van der Waals surface area (Å²) < 4.78 is 0.476. The number of rotatable bonds is 4. The Bertz CT molecular complexity index is 516. The molecule has 0 aliphatic rings. The van der Waals surface area contributed by atoms with E-state index in [-0.39, 0.29) is 17.9 Å². The molecule has 0 fully saturated rings. The molecule has 0 spiro atoms. The zero-order valence-electron chi connectivity index (χ0n) is 10.9. The first-order valence-corrected chi connectivity index (χ1v) is 6.33. The molecule has 6 nitrogen and oxygen atoms in total. The Morgan fingerprint density at radius 1 is 1.53 bits per heavy atom. The average Bonchev–Trinajstić information content (AvgIpc) is 2.37. The first kappa shape index (κ1) is 15.6. The summed E-state index contributed by atoms with van der Waals surface area (Å²) in [5.41, 5.74) is -0.707. The van der Waals surface area contributed by atoms with Crippen LogP contribution in [0.3, 0.4) is 0 Å². The monoisotopic (exact) mass is 330 g/mol. The maximum absolute atomic E-state index is 12.3. The van der Waals surface area contributed by atoms with Gasteiger partial charge in [0.2, 0.25) is 0 Å². The van der Waals surface area contributed by atoms with Crippen LogP contribution in [0.1, 0.15) is 24.2 Å². The molecule has 0 aromatic heterocycles. The third kappa shape index (κ3) is 3.30. The summed E-state index contributed by atoms with van der Waals surface area (Å²) in [7, 11) is 1.55. The highest BCUT2D eigenvalue weighted by atomic mass is 79.9. The SMILES string of the molecule is CN(C(=O)c1cc([N+](=O)[O-])ccc1Br)C(C)(C)CO. The molecule has 0 aliphatic carbocycles. The number of carbonyl (C=O) groups excluding carboxylic acids is 1. The zero-order chi connectivity index (χ0) is 14.8. The summed E-state index contributed by atoms with van der Waals surface area (Å²) in [4.78, 5) is 23.8. The van der Waals surface area contributed by atoms with E-state index in [2.05, 4.69) is 15.9 Å². The number of aliphatic hydroxyl groups excluding tert-OH is 1. The van der Waals surface area contributed by atoms with E-state index < -0.39 is 16.4 Å². The lowest BCUT2D eigenvalue weighted by Gasteiger charge is -2.34. The number of likely N-dealkylation sites (N-methyl/N-ethyl adjacent to an activating group) is 1. The Hall–Kier alpha value is -1.47. The van der Waals surface area contributed by atoms with Crippen molar-refractivity contribution in [3.8, 4) is 0 Å². The van der Waals surface area contributed by atoms with Gasteiger partial charge in [-0.3, -0.25) is 14.9 Å². The van der Waals surface area contributed by atoms with Gasteiger partial charge < -0.3 is 10.0 Å². The van der Waals surface area contributed by atoms with E-state index in [9.17, 15) is 20.0 Å². The minimum Gasteiger partial charge on any atom is -0.394 e. The largest absolute Gasteiger partial charge is 0.394 e. The van der Waals surface area contributed by atoms with Crippen LogP contribution in [0, 0.1) is 10.1 Å². The lowest BCUT2D eigenvalue weighted by molar-refractivity contribution is -0.384. The highest BCUT2D eigenvalue weighted by Crippen LogP contribution is 2.25. The van der Waals surface area contributed by atoms with Crippen molar-refractivity contribution in [3.63, 3.8) is 0 Å². The molecule has 0 bridgehead atoms. The van der Waals surface area contributed by atoms with Crippen LogP contribution in [0.25, 0.3) is 0 Å². The van der Waals surface area contributed by atoms with Crippen molar-refractivity contribution in [2.75, 3.05) is 13.7 Å². The molecular formula is C12H15BrN2O4. The van der Waals surface area contributed by atoms with Crippen LogP contribution >= 0.6 is 15.9 Å². The lowest BCUT2D eigenvalue weighted by Crippen LogP contribution is -2.47. The zero-order valence-corrected chi connectivity index (χ0v) is 12.5. The van der Waals surface area contributed by atoms with Gasteiger partial charge in [-0.1, -0.05) is 0 Å². The predicted molar refractivity (Wildman–Crippen MR) is 74.1 cm³/mol. The number of nitro benzene ring substituents is 1. The van der Waals surface area contributed by atoms with Gasteiger partial charge in [0.1, 0.15) is 0 Å². The molecule has 19 heavy (non-hydrogen) atoms. The van der Waals surface area contributed by atoms with E-state index in [0.717, 1.165) is 0 Å². The number of nitrogens with zero attached hydrogens (tertiary/aromatic N) is 2. The molecular weight excluding hydrogens is 316 g/mol. The number of benzene rings is 1. The molecule has 1 aromatic carbocycles. The summed E-state index contributed by atoms with van der Waals surface area (Å²) in [6.07, 6.45) is 0. The van der Waals surface area contributed by atoms with Gasteiger partial charge >= 0.3 is 0 Å². The van der Waals surface area contributed by atoms with Crippen LogP contribution in [-0.2, 0) is 0 Å². The van der Waals surface area contributed by atoms with E-state index in [4.69, 9.17) is 0 Å². The maximum Gasteiger partial charge on any atom is 0.270 e. The van der Waals surface area contributed by atoms with Gasteiger partial charge in [-0.05, 0) is 35.8 Å². The van der Waals surface area contributed by atoms with Gasteiger partial charge in [0.15, 0.2) is 0 Å². The van der Waals surface area contributed by atoms with Crippen molar-refractivity contribution in [2.24, 2.45) is 0 Å². The Kier molecular flexibility index (Phi) is 4.65. The Labute approximate surface area is 119 Å². The number of non-ortho nitro benzene ring substituents is 1. The summed E-state index contributed by atoms with van der Waals surface area (Å²) in [6.45, 7) is 3.20. The number of carbonyl (C=O) groups is 1. The van der Waals surface area contributed by atoms with Crippen molar-refractivity contribution in [3.05, 3.63) is 38.3 Å². The van der Waals surface area contributed by atoms with Crippen LogP contribution in [0.4, 0.5) is 5.69 Å². The Morgan fingerprint density at radius 3 is 2.58 bits per heavy atom. The second-order valence-electron chi connectivity index (χ2n) is 4.76. The second-order valence-corrected chi connectivity index (χ2v) is 5.61. The number of aliphatic hydroxyl groups is 1. The van der Waals surface area contributed by atoms with Gasteiger partial charge in [-0.25, -0.2) is 0 Å². The smallest absolute Gasteiger partial charge is 0.270 e. The molecule has 1 rings (SSSR count). The second kappa shape index (κ2) is 5.66. The van der Waals surface area contributed by atoms with Crippen molar-refractivity contribution < 1.29 is 14.8 Å². The highest BCUT2D eigenvalue weighted by molar-refractivity contribution is 9.10. The molecule has 0 radical (unpaired) electrons. The summed E-state index contributed by atoms with van der Waals surface area (Å²) in [6, 6.07) is 4.00. The fourth-order valence-electron chi connectivity index (χ4n) is 1.35. The third-order valence-electron chi connectivity index (χ3n) is 2.99. The topological polar surface area (TPSA) is 83.7 Å². The normalized spacial score (nSPS) is 11.2. The van der Waals surface area contributed by atoms with Crippen molar-refractivity contribution in [1.29, 1.82) is 0 Å². The molecule has 0 aliphatic heterocycles. The van der Waals surface area contributed by atoms with Crippen LogP contribution in [0.2, 0.25) is 0 Å². The molecule has 7 heteroatoms. The van der Waals surface area contributed by atoms with E-state index in [1.54, 1.807) is 20.9 Å². The molecule has 1 aromatic rings. The minimum atomic E-state index is -0.749. The molecule has 1 amide bonds. The summed E-state index contributed by atoms with van der Waals surface area (Å²) >= 11 is 3.20. The lowest BCUT2D eigenvalue weighted by atomic mass is 10.0. The maximum atomic E-state index is 12.3. The fraction of sp³-hybridized carbons (Fsp3) is 0.417. The average molecular weight is 331 g/mol. The van der Waals surface area contributed by atoms with Crippen molar-refractivity contribution in [1.82, 2.24) is 4.90 Å². The molecule has 0 atom stereocenters. The quantitative estimate of drug-likeness (QED) is 0.677. The molecule has 0 saturated carbocycles.